The van der Waals surface area contributed by atoms with Gasteiger partial charge in [0.15, 0.2) is 5.78 Å². The van der Waals surface area contributed by atoms with Gasteiger partial charge in [-0.2, -0.15) is 0 Å². The Morgan fingerprint density at radius 2 is 1.59 bits per heavy atom. The van der Waals surface area contributed by atoms with E-state index in [0.717, 1.165) is 44.1 Å². The highest BCUT2D eigenvalue weighted by Gasteiger charge is 2.59. The van der Waals surface area contributed by atoms with E-state index in [1.807, 2.05) is 0 Å². The zero-order valence-electron chi connectivity index (χ0n) is 14.2. The second-order valence-corrected chi connectivity index (χ2v) is 8.78. The van der Waals surface area contributed by atoms with E-state index in [1.165, 1.54) is 18.4 Å². The first-order valence-electron chi connectivity index (χ1n) is 9.14. The van der Waals surface area contributed by atoms with Crippen molar-refractivity contribution >= 4 is 11.6 Å². The summed E-state index contributed by atoms with van der Waals surface area (Å²) in [6.45, 7) is 6.72. The minimum absolute atomic E-state index is 0.0295. The van der Waals surface area contributed by atoms with Crippen LogP contribution in [0.4, 0.5) is 0 Å². The van der Waals surface area contributed by atoms with E-state index in [-0.39, 0.29) is 10.8 Å². The first-order valence-corrected chi connectivity index (χ1v) is 9.14. The molecule has 2 nitrogen and oxygen atoms in total. The zero-order valence-corrected chi connectivity index (χ0v) is 14.2. The van der Waals surface area contributed by atoms with Gasteiger partial charge in [-0.25, -0.2) is 0 Å². The molecule has 0 heterocycles. The maximum Gasteiger partial charge on any atom is 0.158 e. The summed E-state index contributed by atoms with van der Waals surface area (Å²) in [6, 6.07) is 0. The Hall–Kier alpha value is -0.920. The highest BCUT2D eigenvalue weighted by Crippen LogP contribution is 2.64. The number of Topliss-reactive ketones (excluding diaryl/α,β-unsaturated/α-hetero) is 2. The average Bonchev–Trinajstić information content (AvgIpc) is 2.79. The maximum atomic E-state index is 12.4. The van der Waals surface area contributed by atoms with E-state index < -0.39 is 0 Å². The fourth-order valence-electron chi connectivity index (χ4n) is 6.75. The van der Waals surface area contributed by atoms with E-state index in [0.29, 0.717) is 29.3 Å². The third-order valence-electron chi connectivity index (χ3n) is 8.12. The summed E-state index contributed by atoms with van der Waals surface area (Å²) in [5.41, 5.74) is 2.74. The van der Waals surface area contributed by atoms with Gasteiger partial charge in [-0.1, -0.05) is 19.4 Å². The lowest BCUT2D eigenvalue weighted by Crippen LogP contribution is -2.51. The fourth-order valence-corrected chi connectivity index (χ4v) is 6.75. The van der Waals surface area contributed by atoms with Crippen molar-refractivity contribution in [2.24, 2.45) is 28.6 Å². The van der Waals surface area contributed by atoms with Gasteiger partial charge in [-0.05, 0) is 74.2 Å². The molecule has 0 aromatic carbocycles. The molecule has 0 radical (unpaired) electrons. The second kappa shape index (κ2) is 4.55. The Balaban J connectivity index is 1.73. The predicted molar refractivity (Wildman–Crippen MR) is 86.3 cm³/mol. The Morgan fingerprint density at radius 1 is 0.864 bits per heavy atom. The largest absolute Gasteiger partial charge is 0.299 e. The van der Waals surface area contributed by atoms with Gasteiger partial charge in [-0.3, -0.25) is 9.59 Å². The monoisotopic (exact) mass is 300 g/mol. The lowest BCUT2D eigenvalue weighted by atomic mass is 9.47. The van der Waals surface area contributed by atoms with Crippen molar-refractivity contribution < 1.29 is 9.59 Å². The van der Waals surface area contributed by atoms with Crippen molar-refractivity contribution in [2.45, 2.75) is 72.1 Å². The van der Waals surface area contributed by atoms with Crippen LogP contribution < -0.4 is 0 Å². The molecule has 120 valence electrons. The number of hydrogen-bond donors (Lipinski definition) is 0. The minimum atomic E-state index is -0.0295. The number of rotatable bonds is 0. The van der Waals surface area contributed by atoms with Crippen molar-refractivity contribution in [3.8, 4) is 0 Å². The molecule has 0 saturated heterocycles. The highest BCUT2D eigenvalue weighted by molar-refractivity contribution is 5.96. The number of ketones is 2. The van der Waals surface area contributed by atoms with Gasteiger partial charge in [0, 0.05) is 18.3 Å². The van der Waals surface area contributed by atoms with Gasteiger partial charge in [0.1, 0.15) is 5.78 Å². The normalized spacial score (nSPS) is 48.0. The van der Waals surface area contributed by atoms with Crippen molar-refractivity contribution in [3.05, 3.63) is 11.1 Å². The minimum Gasteiger partial charge on any atom is -0.299 e. The van der Waals surface area contributed by atoms with Crippen LogP contribution in [-0.4, -0.2) is 11.6 Å². The predicted octanol–water partition coefficient (Wildman–Crippen LogP) is 4.48. The quantitative estimate of drug-likeness (QED) is 0.661. The van der Waals surface area contributed by atoms with Crippen molar-refractivity contribution in [1.82, 2.24) is 0 Å². The summed E-state index contributed by atoms with van der Waals surface area (Å²) in [5.74, 6) is 2.92. The standard InChI is InChI=1S/C20H28O2/c1-12-14-5-4-13-15-6-7-18(22)20(15,3)10-8-16(13)19(14,2)11-9-17(12)21/h13,15-16H,4-11H2,1-3H3/t13-,15-,16+,19+,20+/m1/s1. The molecular weight excluding hydrogens is 272 g/mol. The summed E-state index contributed by atoms with van der Waals surface area (Å²) < 4.78 is 0. The second-order valence-electron chi connectivity index (χ2n) is 8.78. The van der Waals surface area contributed by atoms with Gasteiger partial charge in [0.2, 0.25) is 0 Å². The van der Waals surface area contributed by atoms with Gasteiger partial charge >= 0.3 is 0 Å². The Kier molecular flexibility index (Phi) is 3.03. The van der Waals surface area contributed by atoms with E-state index in [4.69, 9.17) is 0 Å². The fraction of sp³-hybridized carbons (Fsp3) is 0.800. The van der Waals surface area contributed by atoms with Crippen LogP contribution in [0.25, 0.3) is 0 Å². The summed E-state index contributed by atoms with van der Waals surface area (Å²) in [7, 11) is 0. The molecule has 0 N–H and O–H groups in total. The van der Waals surface area contributed by atoms with E-state index >= 15 is 0 Å². The molecule has 0 aliphatic heterocycles. The molecule has 0 bridgehead atoms. The molecule has 5 atom stereocenters. The third-order valence-corrected chi connectivity index (χ3v) is 8.12. The van der Waals surface area contributed by atoms with Gasteiger partial charge in [0.05, 0.1) is 0 Å². The third kappa shape index (κ3) is 1.67. The molecular formula is C20H28O2. The summed E-state index contributed by atoms with van der Waals surface area (Å²) in [6.07, 6.45) is 8.25. The number of carbonyl (C=O) groups is 2. The number of carbonyl (C=O) groups excluding carboxylic acids is 2. The van der Waals surface area contributed by atoms with Crippen LogP contribution in [0.3, 0.4) is 0 Å². The van der Waals surface area contributed by atoms with Crippen LogP contribution in [0.1, 0.15) is 72.1 Å². The summed E-state index contributed by atoms with van der Waals surface area (Å²) in [4.78, 5) is 24.5. The van der Waals surface area contributed by atoms with Crippen LogP contribution in [0, 0.1) is 28.6 Å². The SMILES string of the molecule is CC1=C2CC[C@@H]3[C@H]4CCC(=O)[C@@]4(C)CC[C@@H]3[C@@]2(C)CCC1=O. The molecule has 4 rings (SSSR count). The number of fused-ring (bicyclic) bond motifs is 5. The molecule has 0 spiro atoms. The van der Waals surface area contributed by atoms with Crippen LogP contribution in [0.2, 0.25) is 0 Å². The Labute approximate surface area is 133 Å². The van der Waals surface area contributed by atoms with Crippen molar-refractivity contribution in [3.63, 3.8) is 0 Å². The van der Waals surface area contributed by atoms with Crippen LogP contribution in [-0.2, 0) is 9.59 Å². The smallest absolute Gasteiger partial charge is 0.158 e. The zero-order chi connectivity index (χ0) is 15.7. The van der Waals surface area contributed by atoms with Crippen molar-refractivity contribution in [1.29, 1.82) is 0 Å². The van der Waals surface area contributed by atoms with Gasteiger partial charge in [0.25, 0.3) is 0 Å². The molecule has 22 heavy (non-hydrogen) atoms. The van der Waals surface area contributed by atoms with Gasteiger partial charge < -0.3 is 0 Å². The molecule has 3 saturated carbocycles. The topological polar surface area (TPSA) is 34.1 Å². The first-order chi connectivity index (χ1) is 10.4. The molecule has 3 fully saturated rings. The molecule has 0 aromatic rings. The van der Waals surface area contributed by atoms with E-state index in [9.17, 15) is 9.59 Å². The van der Waals surface area contributed by atoms with E-state index in [2.05, 4.69) is 20.8 Å². The lowest BCUT2D eigenvalue weighted by Gasteiger charge is -2.57. The average molecular weight is 300 g/mol. The Morgan fingerprint density at radius 3 is 2.36 bits per heavy atom. The first kappa shape index (κ1) is 14.7. The van der Waals surface area contributed by atoms with Gasteiger partial charge in [-0.15, -0.1) is 0 Å². The molecule has 0 amide bonds. The number of allylic oxidation sites excluding steroid dienone is 1. The highest BCUT2D eigenvalue weighted by atomic mass is 16.1. The molecule has 2 heteroatoms. The van der Waals surface area contributed by atoms with Crippen LogP contribution >= 0.6 is 0 Å². The Bertz CT molecular complexity index is 587. The molecule has 4 aliphatic rings. The lowest BCUT2D eigenvalue weighted by molar-refractivity contribution is -0.132. The van der Waals surface area contributed by atoms with Crippen molar-refractivity contribution in [2.75, 3.05) is 0 Å². The molecule has 0 unspecified atom stereocenters. The maximum absolute atomic E-state index is 12.4. The summed E-state index contributed by atoms with van der Waals surface area (Å²) >= 11 is 0. The summed E-state index contributed by atoms with van der Waals surface area (Å²) in [5, 5.41) is 0. The molecule has 0 aromatic heterocycles. The number of hydrogen-bond acceptors (Lipinski definition) is 2. The molecule has 4 aliphatic carbocycles. The van der Waals surface area contributed by atoms with Crippen LogP contribution in [0.5, 0.6) is 0 Å². The van der Waals surface area contributed by atoms with E-state index in [1.54, 1.807) is 0 Å². The van der Waals surface area contributed by atoms with Crippen LogP contribution in [0.15, 0.2) is 11.1 Å².